The molecule has 0 fully saturated rings. The molecule has 7 heteroatoms. The first-order valence-corrected chi connectivity index (χ1v) is 10.9. The highest BCUT2D eigenvalue weighted by atomic mass is 32.2. The Morgan fingerprint density at radius 2 is 1.38 bits per heavy atom. The average molecular weight is 419 g/mol. The Morgan fingerprint density at radius 1 is 0.897 bits per heavy atom. The van der Waals surface area contributed by atoms with E-state index in [-0.39, 0.29) is 10.8 Å². The van der Waals surface area contributed by atoms with Crippen molar-refractivity contribution >= 4 is 22.0 Å². The Hall–Kier alpha value is -2.54. The molecule has 2 rings (SSSR count). The lowest BCUT2D eigenvalue weighted by Crippen LogP contribution is -2.38. The molecule has 0 saturated heterocycles. The number of ether oxygens (including phenoxy) is 1. The van der Waals surface area contributed by atoms with Crippen molar-refractivity contribution < 1.29 is 17.9 Å². The summed E-state index contributed by atoms with van der Waals surface area (Å²) in [5.74, 6) is 0.392. The number of para-hydroxylation sites is 1. The lowest BCUT2D eigenvalue weighted by atomic mass is 9.78. The summed E-state index contributed by atoms with van der Waals surface area (Å²) in [6.45, 7) is 14.1. The van der Waals surface area contributed by atoms with Gasteiger partial charge in [0.25, 0.3) is 0 Å². The van der Waals surface area contributed by atoms with Gasteiger partial charge in [0, 0.05) is 11.1 Å². The topological polar surface area (TPSA) is 84.5 Å². The maximum atomic E-state index is 12.5. The Bertz CT molecular complexity index is 951. The van der Waals surface area contributed by atoms with E-state index in [1.54, 1.807) is 30.3 Å². The number of hydrogen-bond acceptors (Lipinski definition) is 4. The normalized spacial score (nSPS) is 12.4. The van der Waals surface area contributed by atoms with Crippen molar-refractivity contribution in [3.05, 3.63) is 59.2 Å². The first-order valence-electron chi connectivity index (χ1n) is 9.42. The molecule has 0 aliphatic heterocycles. The molecule has 158 valence electrons. The fourth-order valence-electron chi connectivity index (χ4n) is 2.91. The number of rotatable bonds is 4. The van der Waals surface area contributed by atoms with E-state index < -0.39 is 16.3 Å². The number of amides is 1. The van der Waals surface area contributed by atoms with Gasteiger partial charge >= 0.3 is 16.3 Å². The first kappa shape index (κ1) is 22.7. The zero-order valence-electron chi connectivity index (χ0n) is 18.1. The van der Waals surface area contributed by atoms with Gasteiger partial charge in [-0.25, -0.2) is 9.52 Å². The molecule has 0 spiro atoms. The van der Waals surface area contributed by atoms with Crippen molar-refractivity contribution in [3.8, 4) is 5.75 Å². The van der Waals surface area contributed by atoms with E-state index in [1.807, 2.05) is 65.3 Å². The van der Waals surface area contributed by atoms with Crippen LogP contribution in [0, 0.1) is 6.92 Å². The van der Waals surface area contributed by atoms with Gasteiger partial charge in [0.1, 0.15) is 5.75 Å². The van der Waals surface area contributed by atoms with E-state index in [2.05, 4.69) is 4.72 Å². The third-order valence-corrected chi connectivity index (χ3v) is 5.23. The number of carbonyl (C=O) groups excluding carboxylic acids is 1. The van der Waals surface area contributed by atoms with Crippen LogP contribution >= 0.6 is 0 Å². The van der Waals surface area contributed by atoms with E-state index in [0.717, 1.165) is 16.7 Å². The molecule has 0 aliphatic rings. The average Bonchev–Trinajstić information content (AvgIpc) is 2.54. The van der Waals surface area contributed by atoms with Crippen LogP contribution in [-0.4, -0.2) is 14.5 Å². The summed E-state index contributed by atoms with van der Waals surface area (Å²) in [6, 6.07) is 12.2. The summed E-state index contributed by atoms with van der Waals surface area (Å²) in [5.41, 5.74) is 2.46. The third kappa shape index (κ3) is 6.22. The lowest BCUT2D eigenvalue weighted by molar-refractivity contribution is 0.205. The molecule has 0 unspecified atom stereocenters. The van der Waals surface area contributed by atoms with Gasteiger partial charge in [-0.3, -0.25) is 4.72 Å². The summed E-state index contributed by atoms with van der Waals surface area (Å²) in [6.07, 6.45) is -1.06. The first-order chi connectivity index (χ1) is 13.2. The van der Waals surface area contributed by atoms with Gasteiger partial charge in [0.05, 0.1) is 5.69 Å². The van der Waals surface area contributed by atoms with Gasteiger partial charge in [-0.2, -0.15) is 8.42 Å². The molecule has 29 heavy (non-hydrogen) atoms. The number of nitrogens with one attached hydrogen (secondary N) is 2. The summed E-state index contributed by atoms with van der Waals surface area (Å²) in [4.78, 5) is 12.5. The minimum absolute atomic E-state index is 0.303. The van der Waals surface area contributed by atoms with E-state index in [1.165, 1.54) is 0 Å². The summed E-state index contributed by atoms with van der Waals surface area (Å²) in [5, 5.41) is 0. The van der Waals surface area contributed by atoms with Gasteiger partial charge < -0.3 is 4.74 Å². The molecular formula is C22H30N2O4S. The van der Waals surface area contributed by atoms with Crippen LogP contribution < -0.4 is 14.2 Å². The number of benzene rings is 2. The van der Waals surface area contributed by atoms with Crippen molar-refractivity contribution in [1.29, 1.82) is 0 Å². The fourth-order valence-corrected chi connectivity index (χ4v) is 3.67. The summed E-state index contributed by atoms with van der Waals surface area (Å²) >= 11 is 0. The second-order valence-electron chi connectivity index (χ2n) is 9.15. The molecule has 2 aromatic rings. The van der Waals surface area contributed by atoms with E-state index in [9.17, 15) is 13.2 Å². The van der Waals surface area contributed by atoms with Crippen molar-refractivity contribution in [2.75, 3.05) is 4.72 Å². The van der Waals surface area contributed by atoms with E-state index in [4.69, 9.17) is 4.74 Å². The molecule has 2 aromatic carbocycles. The number of carbonyl (C=O) groups is 1. The van der Waals surface area contributed by atoms with Crippen molar-refractivity contribution in [2.45, 2.75) is 59.3 Å². The molecular weight excluding hydrogens is 388 g/mol. The van der Waals surface area contributed by atoms with Crippen LogP contribution in [0.4, 0.5) is 10.5 Å². The standard InChI is InChI=1S/C22H30N2O4S/c1-15-13-17(21(2,3)4)19(18(14-15)22(5,6)7)28-20(25)24-29(26,27)23-16-11-9-8-10-12-16/h8-14,23H,1-7H3,(H,24,25). The Kier molecular flexibility index (Phi) is 6.33. The number of anilines is 1. The highest BCUT2D eigenvalue weighted by molar-refractivity contribution is 7.91. The largest absolute Gasteiger partial charge is 0.427 e. The molecule has 0 aliphatic carbocycles. The minimum atomic E-state index is -4.13. The fraction of sp³-hybridized carbons (Fsp3) is 0.409. The van der Waals surface area contributed by atoms with Crippen molar-refractivity contribution in [3.63, 3.8) is 0 Å². The highest BCUT2D eigenvalue weighted by Crippen LogP contribution is 2.40. The molecule has 0 aromatic heterocycles. The number of aryl methyl sites for hydroxylation is 1. The van der Waals surface area contributed by atoms with Crippen LogP contribution in [0.25, 0.3) is 0 Å². The molecule has 0 atom stereocenters. The summed E-state index contributed by atoms with van der Waals surface area (Å²) in [7, 11) is -4.13. The molecule has 0 saturated carbocycles. The van der Waals surface area contributed by atoms with Gasteiger partial charge in [0.15, 0.2) is 0 Å². The lowest BCUT2D eigenvalue weighted by Gasteiger charge is -2.29. The predicted octanol–water partition coefficient (Wildman–Crippen LogP) is 5.04. The minimum Gasteiger partial charge on any atom is -0.409 e. The van der Waals surface area contributed by atoms with Crippen LogP contribution in [0.2, 0.25) is 0 Å². The van der Waals surface area contributed by atoms with Gasteiger partial charge in [-0.1, -0.05) is 77.4 Å². The Morgan fingerprint density at radius 3 is 1.83 bits per heavy atom. The molecule has 0 bridgehead atoms. The Labute approximate surface area is 173 Å². The molecule has 0 radical (unpaired) electrons. The number of hydrogen-bond donors (Lipinski definition) is 2. The van der Waals surface area contributed by atoms with Crippen LogP contribution in [0.3, 0.4) is 0 Å². The second kappa shape index (κ2) is 8.06. The predicted molar refractivity (Wildman–Crippen MR) is 117 cm³/mol. The van der Waals surface area contributed by atoms with Gasteiger partial charge in [-0.15, -0.1) is 0 Å². The SMILES string of the molecule is Cc1cc(C(C)(C)C)c(OC(=O)NS(=O)(=O)Nc2ccccc2)c(C(C)(C)C)c1. The van der Waals surface area contributed by atoms with Crippen LogP contribution in [-0.2, 0) is 21.0 Å². The molecule has 1 amide bonds. The third-order valence-electron chi connectivity index (χ3n) is 4.29. The van der Waals surface area contributed by atoms with Crippen molar-refractivity contribution in [1.82, 2.24) is 4.72 Å². The quantitative estimate of drug-likeness (QED) is 0.729. The molecule has 6 nitrogen and oxygen atoms in total. The summed E-state index contributed by atoms with van der Waals surface area (Å²) < 4.78 is 34.4. The zero-order valence-corrected chi connectivity index (χ0v) is 18.9. The van der Waals surface area contributed by atoms with Crippen LogP contribution in [0.15, 0.2) is 42.5 Å². The van der Waals surface area contributed by atoms with E-state index >= 15 is 0 Å². The maximum Gasteiger partial charge on any atom is 0.427 e. The van der Waals surface area contributed by atoms with Crippen LogP contribution in [0.1, 0.15) is 58.2 Å². The second-order valence-corrected chi connectivity index (χ2v) is 10.6. The smallest absolute Gasteiger partial charge is 0.409 e. The highest BCUT2D eigenvalue weighted by Gasteiger charge is 2.29. The zero-order chi connectivity index (χ0) is 22.0. The molecule has 2 N–H and O–H groups in total. The van der Waals surface area contributed by atoms with Crippen molar-refractivity contribution in [2.24, 2.45) is 0 Å². The van der Waals surface area contributed by atoms with Gasteiger partial charge in [0.2, 0.25) is 0 Å². The van der Waals surface area contributed by atoms with E-state index in [0.29, 0.717) is 11.4 Å². The molecule has 0 heterocycles. The monoisotopic (exact) mass is 418 g/mol. The Balaban J connectivity index is 2.36. The van der Waals surface area contributed by atoms with Gasteiger partial charge in [-0.05, 0) is 29.9 Å². The maximum absolute atomic E-state index is 12.5. The van der Waals surface area contributed by atoms with Crippen LogP contribution in [0.5, 0.6) is 5.75 Å².